The number of nitrogens with one attached hydrogen (secondary N) is 2. The lowest BCUT2D eigenvalue weighted by molar-refractivity contribution is 0.0372. The van der Waals surface area contributed by atoms with Crippen LogP contribution in [-0.4, -0.2) is 45.7 Å². The van der Waals surface area contributed by atoms with Gasteiger partial charge in [0.1, 0.15) is 10.7 Å². The molecule has 0 aliphatic carbocycles. The van der Waals surface area contributed by atoms with E-state index in [-0.39, 0.29) is 11.0 Å². The van der Waals surface area contributed by atoms with Crippen molar-refractivity contribution in [2.45, 2.75) is 11.0 Å². The lowest BCUT2D eigenvalue weighted by Gasteiger charge is -2.23. The Bertz CT molecular complexity index is 482. The summed E-state index contributed by atoms with van der Waals surface area (Å²) >= 11 is 0. The normalized spacial score (nSPS) is 20.6. The summed E-state index contributed by atoms with van der Waals surface area (Å²) in [6, 6.07) is 3.00. The first-order valence-corrected chi connectivity index (χ1v) is 7.15. The van der Waals surface area contributed by atoms with Gasteiger partial charge in [-0.3, -0.25) is 0 Å². The number of hydrogen-bond donors (Lipinski definition) is 3. The molecule has 1 aromatic rings. The Hall–Kier alpha value is -1.22. The van der Waals surface area contributed by atoms with Crippen molar-refractivity contribution in [1.82, 2.24) is 10.3 Å². The quantitative estimate of drug-likeness (QED) is 0.658. The van der Waals surface area contributed by atoms with E-state index in [0.717, 1.165) is 13.1 Å². The van der Waals surface area contributed by atoms with Crippen LogP contribution in [0.2, 0.25) is 0 Å². The van der Waals surface area contributed by atoms with Crippen molar-refractivity contribution in [3.05, 3.63) is 18.3 Å². The third kappa shape index (κ3) is 3.64. The van der Waals surface area contributed by atoms with E-state index < -0.39 is 10.0 Å². The minimum Gasteiger partial charge on any atom is -0.374 e. The molecule has 18 heavy (non-hydrogen) atoms. The van der Waals surface area contributed by atoms with Crippen LogP contribution < -0.4 is 15.8 Å². The molecule has 0 spiro atoms. The second kappa shape index (κ2) is 5.61. The third-order valence-corrected chi connectivity index (χ3v) is 3.48. The molecule has 2 rings (SSSR count). The van der Waals surface area contributed by atoms with Crippen LogP contribution >= 0.6 is 0 Å². The summed E-state index contributed by atoms with van der Waals surface area (Å²) in [6.45, 7) is 2.99. The van der Waals surface area contributed by atoms with Crippen LogP contribution in [0.25, 0.3) is 0 Å². The summed E-state index contributed by atoms with van der Waals surface area (Å²) < 4.78 is 27.6. The molecular weight excluding hydrogens is 256 g/mol. The van der Waals surface area contributed by atoms with Gasteiger partial charge in [0.25, 0.3) is 0 Å². The van der Waals surface area contributed by atoms with Crippen molar-refractivity contribution in [1.29, 1.82) is 0 Å². The Labute approximate surface area is 106 Å². The average molecular weight is 272 g/mol. The lowest BCUT2D eigenvalue weighted by atomic mass is 10.3. The second-order valence-electron chi connectivity index (χ2n) is 4.00. The van der Waals surface area contributed by atoms with Gasteiger partial charge in [-0.2, -0.15) is 0 Å². The maximum Gasteiger partial charge on any atom is 0.239 e. The monoisotopic (exact) mass is 272 g/mol. The highest BCUT2D eigenvalue weighted by Gasteiger charge is 2.13. The van der Waals surface area contributed by atoms with E-state index in [1.165, 1.54) is 12.3 Å². The molecule has 0 radical (unpaired) electrons. The molecule has 8 heteroatoms. The molecule has 0 amide bonds. The summed E-state index contributed by atoms with van der Waals surface area (Å²) in [5, 5.41) is 11.3. The number of anilines is 1. The molecule has 0 bridgehead atoms. The molecule has 1 saturated heterocycles. The number of hydrogen-bond acceptors (Lipinski definition) is 6. The highest BCUT2D eigenvalue weighted by atomic mass is 32.2. The molecule has 1 aliphatic heterocycles. The summed E-state index contributed by atoms with van der Waals surface area (Å²) in [6.07, 6.45) is 1.33. The molecule has 1 aliphatic rings. The molecule has 1 fully saturated rings. The van der Waals surface area contributed by atoms with E-state index in [9.17, 15) is 8.42 Å². The number of pyridine rings is 1. The number of ether oxygens (including phenoxy) is 1. The van der Waals surface area contributed by atoms with E-state index in [1.807, 2.05) is 0 Å². The fourth-order valence-corrected chi connectivity index (χ4v) is 2.08. The predicted octanol–water partition coefficient (Wildman–Crippen LogP) is -0.871. The van der Waals surface area contributed by atoms with Crippen molar-refractivity contribution in [2.75, 3.05) is 31.6 Å². The van der Waals surface area contributed by atoms with Crippen LogP contribution in [-0.2, 0) is 14.8 Å². The minimum atomic E-state index is -3.68. The largest absolute Gasteiger partial charge is 0.374 e. The molecule has 100 valence electrons. The predicted molar refractivity (Wildman–Crippen MR) is 66.7 cm³/mol. The second-order valence-corrected chi connectivity index (χ2v) is 5.56. The standard InChI is InChI=1S/C10H16N4O3S/c11-18(15,16)9-1-2-10(14-7-9)13-6-8-5-12-3-4-17-8/h1-2,7-8,12H,3-6H2,(H,13,14)(H2,11,15,16). The number of aromatic nitrogens is 1. The van der Waals surface area contributed by atoms with Crippen LogP contribution in [0.1, 0.15) is 0 Å². The highest BCUT2D eigenvalue weighted by Crippen LogP contribution is 2.09. The molecule has 4 N–H and O–H groups in total. The molecule has 1 aromatic heterocycles. The van der Waals surface area contributed by atoms with Crippen molar-refractivity contribution < 1.29 is 13.2 Å². The number of primary sulfonamides is 1. The van der Waals surface area contributed by atoms with Gasteiger partial charge in [-0.1, -0.05) is 0 Å². The zero-order chi connectivity index (χ0) is 13.0. The van der Waals surface area contributed by atoms with E-state index in [4.69, 9.17) is 9.88 Å². The Morgan fingerprint density at radius 3 is 2.94 bits per heavy atom. The highest BCUT2D eigenvalue weighted by molar-refractivity contribution is 7.89. The first-order valence-electron chi connectivity index (χ1n) is 5.61. The molecule has 1 atom stereocenters. The Balaban J connectivity index is 1.90. The van der Waals surface area contributed by atoms with E-state index in [0.29, 0.717) is 19.0 Å². The van der Waals surface area contributed by atoms with Crippen molar-refractivity contribution >= 4 is 15.8 Å². The smallest absolute Gasteiger partial charge is 0.239 e. The van der Waals surface area contributed by atoms with Gasteiger partial charge in [0, 0.05) is 25.8 Å². The third-order valence-electron chi connectivity index (χ3n) is 2.58. The zero-order valence-electron chi connectivity index (χ0n) is 9.80. The van der Waals surface area contributed by atoms with Gasteiger partial charge in [-0.25, -0.2) is 18.5 Å². The van der Waals surface area contributed by atoms with Gasteiger partial charge in [0.2, 0.25) is 10.0 Å². The first kappa shape index (κ1) is 13.2. The van der Waals surface area contributed by atoms with Gasteiger partial charge < -0.3 is 15.4 Å². The van der Waals surface area contributed by atoms with E-state index >= 15 is 0 Å². The van der Waals surface area contributed by atoms with Gasteiger partial charge in [0.15, 0.2) is 0 Å². The number of rotatable bonds is 4. The van der Waals surface area contributed by atoms with Crippen LogP contribution in [0.3, 0.4) is 0 Å². The summed E-state index contributed by atoms with van der Waals surface area (Å²) in [7, 11) is -3.68. The molecule has 0 aromatic carbocycles. The van der Waals surface area contributed by atoms with Crippen LogP contribution in [0.4, 0.5) is 5.82 Å². The maximum absolute atomic E-state index is 11.0. The van der Waals surface area contributed by atoms with Gasteiger partial charge in [-0.15, -0.1) is 0 Å². The van der Waals surface area contributed by atoms with Crippen molar-refractivity contribution in [3.63, 3.8) is 0 Å². The number of morpholine rings is 1. The maximum atomic E-state index is 11.0. The average Bonchev–Trinajstić information content (AvgIpc) is 2.37. The Morgan fingerprint density at radius 1 is 1.56 bits per heavy atom. The molecule has 7 nitrogen and oxygen atoms in total. The van der Waals surface area contributed by atoms with Crippen LogP contribution in [0, 0.1) is 0 Å². The van der Waals surface area contributed by atoms with Crippen molar-refractivity contribution in [3.8, 4) is 0 Å². The lowest BCUT2D eigenvalue weighted by Crippen LogP contribution is -2.42. The Kier molecular flexibility index (Phi) is 4.12. The number of nitrogens with zero attached hydrogens (tertiary/aromatic N) is 1. The fraction of sp³-hybridized carbons (Fsp3) is 0.500. The van der Waals surface area contributed by atoms with E-state index in [2.05, 4.69) is 15.6 Å². The topological polar surface area (TPSA) is 106 Å². The van der Waals surface area contributed by atoms with Crippen molar-refractivity contribution in [2.24, 2.45) is 5.14 Å². The fourth-order valence-electron chi connectivity index (χ4n) is 1.62. The number of sulfonamides is 1. The molecular formula is C10H16N4O3S. The van der Waals surface area contributed by atoms with E-state index in [1.54, 1.807) is 6.07 Å². The number of nitrogens with two attached hydrogens (primary N) is 1. The summed E-state index contributed by atoms with van der Waals surface area (Å²) in [5.74, 6) is 0.594. The van der Waals surface area contributed by atoms with Gasteiger partial charge >= 0.3 is 0 Å². The zero-order valence-corrected chi connectivity index (χ0v) is 10.6. The minimum absolute atomic E-state index is 0.00336. The summed E-state index contributed by atoms with van der Waals surface area (Å²) in [5.41, 5.74) is 0. The molecule has 0 saturated carbocycles. The summed E-state index contributed by atoms with van der Waals surface area (Å²) in [4.78, 5) is 3.99. The molecule has 2 heterocycles. The van der Waals surface area contributed by atoms with Gasteiger partial charge in [-0.05, 0) is 12.1 Å². The molecule has 1 unspecified atom stereocenters. The van der Waals surface area contributed by atoms with Gasteiger partial charge in [0.05, 0.1) is 12.7 Å². The SMILES string of the molecule is NS(=O)(=O)c1ccc(NCC2CNCCO2)nc1. The van der Waals surface area contributed by atoms with Crippen LogP contribution in [0.5, 0.6) is 0 Å². The van der Waals surface area contributed by atoms with Crippen LogP contribution in [0.15, 0.2) is 23.2 Å². The Morgan fingerprint density at radius 2 is 2.39 bits per heavy atom. The first-order chi connectivity index (χ1) is 8.55.